The Morgan fingerprint density at radius 1 is 1.53 bits per heavy atom. The molecule has 0 spiro atoms. The molecule has 2 rings (SSSR count). The van der Waals surface area contributed by atoms with Crippen LogP contribution >= 0.6 is 11.3 Å². The third kappa shape index (κ3) is 2.73. The van der Waals surface area contributed by atoms with Gasteiger partial charge in [0.15, 0.2) is 0 Å². The Labute approximate surface area is 106 Å². The van der Waals surface area contributed by atoms with Gasteiger partial charge in [0.25, 0.3) is 0 Å². The maximum absolute atomic E-state index is 4.42. The zero-order valence-electron chi connectivity index (χ0n) is 10.5. The van der Waals surface area contributed by atoms with E-state index >= 15 is 0 Å². The van der Waals surface area contributed by atoms with E-state index in [9.17, 15) is 0 Å². The Bertz CT molecular complexity index is 461. The van der Waals surface area contributed by atoms with Gasteiger partial charge in [0.05, 0.1) is 11.7 Å². The summed E-state index contributed by atoms with van der Waals surface area (Å²) in [4.78, 5) is 4.42. The van der Waals surface area contributed by atoms with Gasteiger partial charge in [-0.25, -0.2) is 4.98 Å². The van der Waals surface area contributed by atoms with Crippen molar-refractivity contribution in [2.75, 3.05) is 6.54 Å². The maximum Gasteiger partial charge on any atom is 0.114 e. The minimum Gasteiger partial charge on any atom is -0.304 e. The molecule has 0 bridgehead atoms. The predicted octanol–water partition coefficient (Wildman–Crippen LogP) is 2.27. The van der Waals surface area contributed by atoms with Crippen molar-refractivity contribution in [1.29, 1.82) is 0 Å². The van der Waals surface area contributed by atoms with E-state index in [1.54, 1.807) is 11.3 Å². The SMILES string of the molecule is CCCNC(c1nccs1)c1cn(C)nc1C. The first-order valence-corrected chi connectivity index (χ1v) is 6.73. The molecule has 0 aliphatic rings. The second kappa shape index (κ2) is 5.42. The molecule has 0 aromatic carbocycles. The summed E-state index contributed by atoms with van der Waals surface area (Å²) in [5.41, 5.74) is 2.28. The molecule has 1 unspecified atom stereocenters. The lowest BCUT2D eigenvalue weighted by atomic mass is 10.1. The van der Waals surface area contributed by atoms with Crippen LogP contribution in [0.1, 0.15) is 35.7 Å². The van der Waals surface area contributed by atoms with E-state index in [0.717, 1.165) is 23.7 Å². The topological polar surface area (TPSA) is 42.7 Å². The van der Waals surface area contributed by atoms with Crippen molar-refractivity contribution in [2.45, 2.75) is 26.3 Å². The molecule has 92 valence electrons. The summed E-state index contributed by atoms with van der Waals surface area (Å²) in [5.74, 6) is 0. The van der Waals surface area contributed by atoms with Gasteiger partial charge in [-0.3, -0.25) is 4.68 Å². The van der Waals surface area contributed by atoms with Crippen LogP contribution in [0.4, 0.5) is 0 Å². The molecule has 2 aromatic rings. The molecule has 0 saturated carbocycles. The summed E-state index contributed by atoms with van der Waals surface area (Å²) in [6.07, 6.45) is 5.04. The maximum atomic E-state index is 4.42. The molecular weight excluding hydrogens is 232 g/mol. The van der Waals surface area contributed by atoms with Crippen LogP contribution in [0.3, 0.4) is 0 Å². The Morgan fingerprint density at radius 3 is 2.88 bits per heavy atom. The summed E-state index contributed by atoms with van der Waals surface area (Å²) in [6, 6.07) is 0.170. The smallest absolute Gasteiger partial charge is 0.114 e. The van der Waals surface area contributed by atoms with Crippen LogP contribution in [0.5, 0.6) is 0 Å². The number of hydrogen-bond donors (Lipinski definition) is 1. The normalized spacial score (nSPS) is 12.9. The lowest BCUT2D eigenvalue weighted by Crippen LogP contribution is -2.23. The zero-order chi connectivity index (χ0) is 12.3. The summed E-state index contributed by atoms with van der Waals surface area (Å²) in [7, 11) is 1.95. The molecule has 0 saturated heterocycles. The highest BCUT2D eigenvalue weighted by Crippen LogP contribution is 2.25. The van der Waals surface area contributed by atoms with E-state index in [0.29, 0.717) is 0 Å². The van der Waals surface area contributed by atoms with Gasteiger partial charge in [-0.2, -0.15) is 5.10 Å². The third-order valence-corrected chi connectivity index (χ3v) is 3.50. The van der Waals surface area contributed by atoms with Crippen molar-refractivity contribution in [3.8, 4) is 0 Å². The van der Waals surface area contributed by atoms with Crippen LogP contribution in [0.25, 0.3) is 0 Å². The van der Waals surface area contributed by atoms with Gasteiger partial charge >= 0.3 is 0 Å². The molecular formula is C12H18N4S. The number of nitrogens with zero attached hydrogens (tertiary/aromatic N) is 3. The highest BCUT2D eigenvalue weighted by atomic mass is 32.1. The Morgan fingerprint density at radius 2 is 2.35 bits per heavy atom. The fourth-order valence-corrected chi connectivity index (χ4v) is 2.63. The van der Waals surface area contributed by atoms with Crippen LogP contribution in [0, 0.1) is 6.92 Å². The van der Waals surface area contributed by atoms with Crippen LogP contribution in [-0.4, -0.2) is 21.3 Å². The van der Waals surface area contributed by atoms with Crippen LogP contribution in [0.2, 0.25) is 0 Å². The number of rotatable bonds is 5. The molecule has 0 amide bonds. The molecule has 0 aliphatic carbocycles. The van der Waals surface area contributed by atoms with Crippen molar-refractivity contribution >= 4 is 11.3 Å². The van der Waals surface area contributed by atoms with E-state index < -0.39 is 0 Å². The molecule has 2 aromatic heterocycles. The average Bonchev–Trinajstić information content (AvgIpc) is 2.90. The second-order valence-corrected chi connectivity index (χ2v) is 5.03. The number of thiazole rings is 1. The fraction of sp³-hybridized carbons (Fsp3) is 0.500. The first-order valence-electron chi connectivity index (χ1n) is 5.85. The first kappa shape index (κ1) is 12.3. The Kier molecular flexibility index (Phi) is 3.91. The molecule has 17 heavy (non-hydrogen) atoms. The number of hydrogen-bond acceptors (Lipinski definition) is 4. The van der Waals surface area contributed by atoms with E-state index in [1.807, 2.05) is 30.2 Å². The molecule has 4 nitrogen and oxygen atoms in total. The summed E-state index contributed by atoms with van der Waals surface area (Å²) in [6.45, 7) is 5.20. The van der Waals surface area contributed by atoms with Crippen LogP contribution in [0.15, 0.2) is 17.8 Å². The highest BCUT2D eigenvalue weighted by molar-refractivity contribution is 7.09. The molecule has 0 fully saturated rings. The quantitative estimate of drug-likeness (QED) is 0.885. The first-order chi connectivity index (χ1) is 8.22. The summed E-state index contributed by atoms with van der Waals surface area (Å²) >= 11 is 1.68. The highest BCUT2D eigenvalue weighted by Gasteiger charge is 2.19. The minimum atomic E-state index is 0.170. The van der Waals surface area contributed by atoms with Gasteiger partial charge in [0.2, 0.25) is 0 Å². The molecule has 1 atom stereocenters. The number of aryl methyl sites for hydroxylation is 2. The van der Waals surface area contributed by atoms with Crippen molar-refractivity contribution in [3.63, 3.8) is 0 Å². The largest absolute Gasteiger partial charge is 0.304 e. The van der Waals surface area contributed by atoms with Crippen molar-refractivity contribution in [3.05, 3.63) is 34.0 Å². The van der Waals surface area contributed by atoms with Gasteiger partial charge < -0.3 is 5.32 Å². The van der Waals surface area contributed by atoms with E-state index in [4.69, 9.17) is 0 Å². The third-order valence-electron chi connectivity index (χ3n) is 2.66. The molecule has 5 heteroatoms. The minimum absolute atomic E-state index is 0.170. The zero-order valence-corrected chi connectivity index (χ0v) is 11.3. The number of nitrogens with one attached hydrogen (secondary N) is 1. The van der Waals surface area contributed by atoms with Gasteiger partial charge in [-0.1, -0.05) is 6.92 Å². The molecule has 2 heterocycles. The van der Waals surface area contributed by atoms with Gasteiger partial charge in [-0.15, -0.1) is 11.3 Å². The summed E-state index contributed by atoms with van der Waals surface area (Å²) < 4.78 is 1.86. The van der Waals surface area contributed by atoms with Crippen molar-refractivity contribution < 1.29 is 0 Å². The Hall–Kier alpha value is -1.20. The van der Waals surface area contributed by atoms with E-state index in [-0.39, 0.29) is 6.04 Å². The summed E-state index contributed by atoms with van der Waals surface area (Å²) in [5, 5.41) is 11.1. The van der Waals surface area contributed by atoms with Crippen molar-refractivity contribution in [1.82, 2.24) is 20.1 Å². The Balaban J connectivity index is 2.30. The lowest BCUT2D eigenvalue weighted by molar-refractivity contribution is 0.593. The fourth-order valence-electron chi connectivity index (χ4n) is 1.90. The van der Waals surface area contributed by atoms with E-state index in [2.05, 4.69) is 28.5 Å². The van der Waals surface area contributed by atoms with E-state index in [1.165, 1.54) is 5.56 Å². The monoisotopic (exact) mass is 250 g/mol. The van der Waals surface area contributed by atoms with Crippen LogP contribution in [-0.2, 0) is 7.05 Å². The predicted molar refractivity (Wildman–Crippen MR) is 70.2 cm³/mol. The number of aromatic nitrogens is 3. The van der Waals surface area contributed by atoms with Crippen LogP contribution < -0.4 is 5.32 Å². The standard InChI is InChI=1S/C12H18N4S/c1-4-5-13-11(12-14-6-7-17-12)10-8-16(3)15-9(10)2/h6-8,11,13H,4-5H2,1-3H3. The van der Waals surface area contributed by atoms with Gasteiger partial charge in [-0.05, 0) is 19.9 Å². The lowest BCUT2D eigenvalue weighted by Gasteiger charge is -2.15. The molecule has 1 N–H and O–H groups in total. The average molecular weight is 250 g/mol. The molecule has 0 radical (unpaired) electrons. The molecule has 0 aliphatic heterocycles. The van der Waals surface area contributed by atoms with Crippen molar-refractivity contribution in [2.24, 2.45) is 7.05 Å². The van der Waals surface area contributed by atoms with Gasteiger partial charge in [0.1, 0.15) is 5.01 Å². The van der Waals surface area contributed by atoms with Gasteiger partial charge in [0, 0.05) is 30.4 Å². The second-order valence-electron chi connectivity index (χ2n) is 4.10.